The van der Waals surface area contributed by atoms with Crippen molar-refractivity contribution in [1.29, 1.82) is 0 Å². The number of rotatable bonds is 3. The molecular weight excluding hydrogens is 340 g/mol. The van der Waals surface area contributed by atoms with Crippen molar-refractivity contribution in [2.24, 2.45) is 0 Å². The molecule has 0 spiro atoms. The molecule has 0 unspecified atom stereocenters. The molecule has 0 saturated heterocycles. The number of carbonyl (C=O) groups is 1. The Morgan fingerprint density at radius 1 is 1.16 bits per heavy atom. The molecule has 2 heterocycles. The number of fused-ring (bicyclic) bond motifs is 2. The van der Waals surface area contributed by atoms with Crippen LogP contribution in [-0.2, 0) is 11.2 Å². The third kappa shape index (κ3) is 3.24. The van der Waals surface area contributed by atoms with Gasteiger partial charge in [-0.3, -0.25) is 4.79 Å². The number of nitrogens with one attached hydrogen (secondary N) is 1. The highest BCUT2D eigenvalue weighted by molar-refractivity contribution is 6.33. The Labute approximate surface area is 151 Å². The number of halogens is 1. The molecule has 0 aliphatic carbocycles. The van der Waals surface area contributed by atoms with Crippen molar-refractivity contribution in [3.05, 3.63) is 47.0 Å². The van der Waals surface area contributed by atoms with Crippen LogP contribution in [0.5, 0.6) is 11.5 Å². The van der Waals surface area contributed by atoms with Crippen molar-refractivity contribution in [1.82, 2.24) is 0 Å². The van der Waals surface area contributed by atoms with Crippen molar-refractivity contribution in [2.45, 2.75) is 12.8 Å². The minimum Gasteiger partial charge on any atom is -0.490 e. The average Bonchev–Trinajstić information content (AvgIpc) is 2.93. The Balaban J connectivity index is 1.47. The van der Waals surface area contributed by atoms with Gasteiger partial charge in [-0.15, -0.1) is 0 Å². The number of para-hydroxylation sites is 1. The van der Waals surface area contributed by atoms with E-state index < -0.39 is 0 Å². The second-order valence-corrected chi connectivity index (χ2v) is 6.51. The predicted molar refractivity (Wildman–Crippen MR) is 98.0 cm³/mol. The van der Waals surface area contributed by atoms with Gasteiger partial charge in [0.25, 0.3) is 0 Å². The van der Waals surface area contributed by atoms with Crippen molar-refractivity contribution in [2.75, 3.05) is 36.5 Å². The van der Waals surface area contributed by atoms with Crippen molar-refractivity contribution in [3.8, 4) is 11.5 Å². The first-order valence-corrected chi connectivity index (χ1v) is 8.81. The van der Waals surface area contributed by atoms with Gasteiger partial charge in [-0.25, -0.2) is 0 Å². The van der Waals surface area contributed by atoms with E-state index in [9.17, 15) is 4.79 Å². The molecule has 5 nitrogen and oxygen atoms in total. The number of anilines is 2. The highest BCUT2D eigenvalue weighted by Gasteiger charge is 2.24. The lowest BCUT2D eigenvalue weighted by Crippen LogP contribution is -2.34. The monoisotopic (exact) mass is 358 g/mol. The van der Waals surface area contributed by atoms with Gasteiger partial charge in [0, 0.05) is 30.8 Å². The van der Waals surface area contributed by atoms with E-state index in [1.165, 1.54) is 5.56 Å². The molecule has 0 saturated carbocycles. The summed E-state index contributed by atoms with van der Waals surface area (Å²) in [5.41, 5.74) is 2.88. The van der Waals surface area contributed by atoms with Gasteiger partial charge in [0.2, 0.25) is 5.91 Å². The fourth-order valence-corrected chi connectivity index (χ4v) is 3.40. The van der Waals surface area contributed by atoms with Gasteiger partial charge in [-0.05, 0) is 18.1 Å². The Morgan fingerprint density at radius 2 is 1.92 bits per heavy atom. The first-order chi connectivity index (χ1) is 12.2. The maximum Gasteiger partial charge on any atom is 0.246 e. The van der Waals surface area contributed by atoms with Crippen LogP contribution in [0, 0.1) is 0 Å². The molecule has 1 N–H and O–H groups in total. The molecule has 0 radical (unpaired) electrons. The fourth-order valence-electron chi connectivity index (χ4n) is 3.18. The topological polar surface area (TPSA) is 50.8 Å². The van der Waals surface area contributed by atoms with Crippen LogP contribution in [0.1, 0.15) is 12.0 Å². The van der Waals surface area contributed by atoms with E-state index >= 15 is 0 Å². The number of hydrogen-bond acceptors (Lipinski definition) is 4. The molecule has 6 heteroatoms. The molecule has 2 aliphatic heterocycles. The summed E-state index contributed by atoms with van der Waals surface area (Å²) in [6, 6.07) is 11.5. The first kappa shape index (κ1) is 16.1. The second kappa shape index (κ2) is 6.84. The van der Waals surface area contributed by atoms with Crippen LogP contribution in [0.3, 0.4) is 0 Å². The minimum atomic E-state index is 0.0214. The Kier molecular flexibility index (Phi) is 4.40. The van der Waals surface area contributed by atoms with E-state index in [1.807, 2.05) is 23.1 Å². The molecule has 4 rings (SSSR count). The maximum absolute atomic E-state index is 12.6. The number of carbonyl (C=O) groups excluding carboxylic acids is 1. The average molecular weight is 359 g/mol. The van der Waals surface area contributed by atoms with Crippen LogP contribution in [0.25, 0.3) is 0 Å². The van der Waals surface area contributed by atoms with Gasteiger partial charge in [0.15, 0.2) is 11.5 Å². The number of nitrogens with zero attached hydrogens (tertiary/aromatic N) is 1. The zero-order valence-corrected chi connectivity index (χ0v) is 14.5. The zero-order chi connectivity index (χ0) is 17.2. The number of benzene rings is 2. The van der Waals surface area contributed by atoms with Crippen LogP contribution in [0.2, 0.25) is 5.02 Å². The van der Waals surface area contributed by atoms with E-state index in [4.69, 9.17) is 21.1 Å². The minimum absolute atomic E-state index is 0.0214. The van der Waals surface area contributed by atoms with Crippen molar-refractivity contribution < 1.29 is 14.3 Å². The van der Waals surface area contributed by atoms with Gasteiger partial charge in [0.1, 0.15) is 0 Å². The highest BCUT2D eigenvalue weighted by Crippen LogP contribution is 2.37. The predicted octanol–water partition coefficient (Wildman–Crippen LogP) is 3.50. The Hall–Kier alpha value is -2.40. The number of amides is 1. The summed E-state index contributed by atoms with van der Waals surface area (Å²) in [5, 5.41) is 3.65. The Bertz CT molecular complexity index is 809. The molecule has 1 amide bonds. The summed E-state index contributed by atoms with van der Waals surface area (Å²) in [7, 11) is 0. The standard InChI is InChI=1S/C19H19ClN2O3/c20-14-10-17-18(25-9-3-8-24-17)11-15(14)21-12-19(23)22-7-6-13-4-1-2-5-16(13)22/h1-2,4-5,10-11,21H,3,6-9,12H2. The van der Waals surface area contributed by atoms with Crippen LogP contribution in [-0.4, -0.2) is 32.2 Å². The van der Waals surface area contributed by atoms with Crippen LogP contribution < -0.4 is 19.7 Å². The smallest absolute Gasteiger partial charge is 0.246 e. The summed E-state index contributed by atoms with van der Waals surface area (Å²) in [6.45, 7) is 2.11. The third-order valence-electron chi connectivity index (χ3n) is 4.46. The normalized spacial score (nSPS) is 15.5. The van der Waals surface area contributed by atoms with Gasteiger partial charge in [0.05, 0.1) is 30.5 Å². The Morgan fingerprint density at radius 3 is 2.76 bits per heavy atom. The molecule has 130 valence electrons. The van der Waals surface area contributed by atoms with Gasteiger partial charge in [-0.2, -0.15) is 0 Å². The molecule has 2 aromatic carbocycles. The SMILES string of the molecule is O=C(CNc1cc2c(cc1Cl)OCCCO2)N1CCc2ccccc21. The molecule has 2 aliphatic rings. The van der Waals surface area contributed by atoms with Crippen molar-refractivity contribution in [3.63, 3.8) is 0 Å². The summed E-state index contributed by atoms with van der Waals surface area (Å²) >= 11 is 6.32. The largest absolute Gasteiger partial charge is 0.490 e. The van der Waals surface area contributed by atoms with Crippen LogP contribution in [0.15, 0.2) is 36.4 Å². The van der Waals surface area contributed by atoms with Crippen molar-refractivity contribution >= 4 is 28.9 Å². The van der Waals surface area contributed by atoms with E-state index in [0.29, 0.717) is 42.0 Å². The molecule has 2 aromatic rings. The van der Waals surface area contributed by atoms with E-state index in [0.717, 1.165) is 18.5 Å². The second-order valence-electron chi connectivity index (χ2n) is 6.11. The van der Waals surface area contributed by atoms with Crippen LogP contribution in [0.4, 0.5) is 11.4 Å². The summed E-state index contributed by atoms with van der Waals surface area (Å²) in [4.78, 5) is 14.4. The third-order valence-corrected chi connectivity index (χ3v) is 4.77. The summed E-state index contributed by atoms with van der Waals surface area (Å²) in [5.74, 6) is 1.32. The molecule has 0 aromatic heterocycles. The molecule has 0 fully saturated rings. The first-order valence-electron chi connectivity index (χ1n) is 8.43. The maximum atomic E-state index is 12.6. The number of ether oxygens (including phenoxy) is 2. The lowest BCUT2D eigenvalue weighted by molar-refractivity contribution is -0.116. The lowest BCUT2D eigenvalue weighted by atomic mass is 10.2. The van der Waals surface area contributed by atoms with Gasteiger partial charge in [-0.1, -0.05) is 29.8 Å². The van der Waals surface area contributed by atoms with E-state index in [1.54, 1.807) is 12.1 Å². The fraction of sp³-hybridized carbons (Fsp3) is 0.316. The highest BCUT2D eigenvalue weighted by atomic mass is 35.5. The van der Waals surface area contributed by atoms with Gasteiger partial charge >= 0.3 is 0 Å². The molecule has 25 heavy (non-hydrogen) atoms. The zero-order valence-electron chi connectivity index (χ0n) is 13.8. The molecule has 0 atom stereocenters. The van der Waals surface area contributed by atoms with Crippen LogP contribution >= 0.6 is 11.6 Å². The van der Waals surface area contributed by atoms with E-state index in [2.05, 4.69) is 11.4 Å². The quantitative estimate of drug-likeness (QED) is 0.912. The van der Waals surface area contributed by atoms with E-state index in [-0.39, 0.29) is 12.5 Å². The lowest BCUT2D eigenvalue weighted by Gasteiger charge is -2.19. The summed E-state index contributed by atoms with van der Waals surface area (Å²) < 4.78 is 11.3. The molecular formula is C19H19ClN2O3. The molecule has 0 bridgehead atoms. The van der Waals surface area contributed by atoms with Gasteiger partial charge < -0.3 is 19.7 Å². The summed E-state index contributed by atoms with van der Waals surface area (Å²) in [6.07, 6.45) is 1.73. The number of hydrogen-bond donors (Lipinski definition) is 1.